The first kappa shape index (κ1) is 18.9. The Kier molecular flexibility index (Phi) is 5.39. The minimum absolute atomic E-state index is 0.305. The molecule has 1 aromatic heterocycles. The highest BCUT2D eigenvalue weighted by Crippen LogP contribution is 2.36. The highest BCUT2D eigenvalue weighted by molar-refractivity contribution is 9.10. The van der Waals surface area contributed by atoms with Crippen LogP contribution in [0.1, 0.15) is 16.1 Å². The first-order valence-corrected chi connectivity index (χ1v) is 9.66. The van der Waals surface area contributed by atoms with Gasteiger partial charge in [0, 0.05) is 10.0 Å². The fourth-order valence-electron chi connectivity index (χ4n) is 3.05. The van der Waals surface area contributed by atoms with Crippen LogP contribution in [0.4, 0.5) is 0 Å². The highest BCUT2D eigenvalue weighted by atomic mass is 79.9. The smallest absolute Gasteiger partial charge is 0.289 e. The van der Waals surface area contributed by atoms with E-state index in [1.54, 1.807) is 19.4 Å². The molecule has 1 heterocycles. The number of benzene rings is 3. The fraction of sp³-hybridized carbons (Fsp3) is 0.0455. The number of carbonyl (C=O) groups excluding carboxylic acids is 1. The average molecular weight is 449 g/mol. The van der Waals surface area contributed by atoms with E-state index < -0.39 is 0 Å². The SMILES string of the molecule is COc1ccc2ccccc2c1-c1cc(C(=O)N/N=C/c2ccccc2Br)[nH]n1. The predicted molar refractivity (Wildman–Crippen MR) is 117 cm³/mol. The van der Waals surface area contributed by atoms with Crippen LogP contribution in [0.25, 0.3) is 22.0 Å². The number of halogens is 1. The summed E-state index contributed by atoms with van der Waals surface area (Å²) in [5, 5.41) is 13.2. The lowest BCUT2D eigenvalue weighted by molar-refractivity contribution is 0.0950. The van der Waals surface area contributed by atoms with Crippen molar-refractivity contribution < 1.29 is 9.53 Å². The molecule has 7 heteroatoms. The first-order valence-electron chi connectivity index (χ1n) is 8.87. The molecular formula is C22H17BrN4O2. The van der Waals surface area contributed by atoms with Gasteiger partial charge < -0.3 is 4.74 Å². The van der Waals surface area contributed by atoms with Crippen molar-refractivity contribution in [1.29, 1.82) is 0 Å². The van der Waals surface area contributed by atoms with Gasteiger partial charge in [-0.15, -0.1) is 0 Å². The Morgan fingerprint density at radius 3 is 2.76 bits per heavy atom. The third kappa shape index (κ3) is 3.90. The van der Waals surface area contributed by atoms with Crippen LogP contribution >= 0.6 is 15.9 Å². The number of nitrogens with zero attached hydrogens (tertiary/aromatic N) is 2. The molecule has 0 aliphatic heterocycles. The van der Waals surface area contributed by atoms with Crippen LogP contribution in [0.3, 0.4) is 0 Å². The summed E-state index contributed by atoms with van der Waals surface area (Å²) in [6, 6.07) is 21.1. The molecule has 144 valence electrons. The highest BCUT2D eigenvalue weighted by Gasteiger charge is 2.16. The van der Waals surface area contributed by atoms with Crippen LogP contribution in [0.5, 0.6) is 5.75 Å². The van der Waals surface area contributed by atoms with E-state index in [2.05, 4.69) is 36.7 Å². The molecule has 0 aliphatic rings. The van der Waals surface area contributed by atoms with Crippen molar-refractivity contribution in [2.45, 2.75) is 0 Å². The van der Waals surface area contributed by atoms with E-state index in [1.807, 2.05) is 60.7 Å². The number of rotatable bonds is 5. The largest absolute Gasteiger partial charge is 0.496 e. The number of methoxy groups -OCH3 is 1. The Morgan fingerprint density at radius 2 is 1.93 bits per heavy atom. The molecule has 0 fully saturated rings. The van der Waals surface area contributed by atoms with Crippen LogP contribution in [-0.4, -0.2) is 29.4 Å². The van der Waals surface area contributed by atoms with Gasteiger partial charge in [0.05, 0.1) is 24.6 Å². The van der Waals surface area contributed by atoms with Crippen molar-refractivity contribution in [3.8, 4) is 17.0 Å². The summed E-state index contributed by atoms with van der Waals surface area (Å²) >= 11 is 3.44. The summed E-state index contributed by atoms with van der Waals surface area (Å²) < 4.78 is 6.41. The van der Waals surface area contributed by atoms with Gasteiger partial charge in [0.2, 0.25) is 0 Å². The third-order valence-electron chi connectivity index (χ3n) is 4.46. The second-order valence-electron chi connectivity index (χ2n) is 6.25. The van der Waals surface area contributed by atoms with E-state index >= 15 is 0 Å². The molecule has 1 amide bonds. The molecule has 0 aliphatic carbocycles. The summed E-state index contributed by atoms with van der Waals surface area (Å²) in [7, 11) is 1.62. The van der Waals surface area contributed by atoms with Gasteiger partial charge in [0.25, 0.3) is 5.91 Å². The molecule has 0 radical (unpaired) electrons. The topological polar surface area (TPSA) is 79.4 Å². The van der Waals surface area contributed by atoms with Gasteiger partial charge in [-0.3, -0.25) is 9.89 Å². The average Bonchev–Trinajstić information content (AvgIpc) is 3.24. The number of fused-ring (bicyclic) bond motifs is 1. The quantitative estimate of drug-likeness (QED) is 0.341. The zero-order valence-corrected chi connectivity index (χ0v) is 17.1. The lowest BCUT2D eigenvalue weighted by Crippen LogP contribution is -2.18. The van der Waals surface area contributed by atoms with Crippen LogP contribution in [0.2, 0.25) is 0 Å². The van der Waals surface area contributed by atoms with Crippen LogP contribution in [0.15, 0.2) is 76.3 Å². The lowest BCUT2D eigenvalue weighted by Gasteiger charge is -2.09. The van der Waals surface area contributed by atoms with Crippen molar-refractivity contribution >= 4 is 38.8 Å². The monoisotopic (exact) mass is 448 g/mol. The number of ether oxygens (including phenoxy) is 1. The van der Waals surface area contributed by atoms with E-state index in [9.17, 15) is 4.79 Å². The second-order valence-corrected chi connectivity index (χ2v) is 7.11. The maximum absolute atomic E-state index is 12.4. The number of hydrogen-bond donors (Lipinski definition) is 2. The molecule has 4 rings (SSSR count). The van der Waals surface area contributed by atoms with Crippen molar-refractivity contribution in [1.82, 2.24) is 15.6 Å². The zero-order valence-electron chi connectivity index (χ0n) is 15.5. The zero-order chi connectivity index (χ0) is 20.2. The fourth-order valence-corrected chi connectivity index (χ4v) is 3.44. The molecule has 4 aromatic rings. The third-order valence-corrected chi connectivity index (χ3v) is 5.19. The van der Waals surface area contributed by atoms with E-state index in [0.29, 0.717) is 17.1 Å². The maximum atomic E-state index is 12.4. The van der Waals surface area contributed by atoms with E-state index in [4.69, 9.17) is 4.74 Å². The molecule has 0 saturated heterocycles. The summed E-state index contributed by atoms with van der Waals surface area (Å²) in [6.07, 6.45) is 1.58. The van der Waals surface area contributed by atoms with Gasteiger partial charge >= 0.3 is 0 Å². The van der Waals surface area contributed by atoms with E-state index in [-0.39, 0.29) is 5.91 Å². The first-order chi connectivity index (χ1) is 14.2. The standard InChI is InChI=1S/C22H17BrN4O2/c1-29-20-11-10-14-6-2-4-8-16(14)21(20)18-12-19(26-25-18)22(28)27-24-13-15-7-3-5-9-17(15)23/h2-13H,1H3,(H,25,26)(H,27,28)/b24-13+. The minimum Gasteiger partial charge on any atom is -0.496 e. The number of H-pyrrole nitrogens is 1. The molecule has 29 heavy (non-hydrogen) atoms. The number of carbonyl (C=O) groups is 1. The van der Waals surface area contributed by atoms with Crippen LogP contribution < -0.4 is 10.2 Å². The van der Waals surface area contributed by atoms with Crippen LogP contribution in [0, 0.1) is 0 Å². The van der Waals surface area contributed by atoms with E-state index in [0.717, 1.165) is 26.4 Å². The number of hydrogen-bond acceptors (Lipinski definition) is 4. The van der Waals surface area contributed by atoms with Crippen molar-refractivity contribution in [2.75, 3.05) is 7.11 Å². The van der Waals surface area contributed by atoms with Gasteiger partial charge in [-0.2, -0.15) is 10.2 Å². The predicted octanol–water partition coefficient (Wildman–Crippen LogP) is 4.76. The lowest BCUT2D eigenvalue weighted by atomic mass is 10.0. The molecule has 0 spiro atoms. The van der Waals surface area contributed by atoms with Crippen molar-refractivity contribution in [3.05, 3.63) is 82.5 Å². The van der Waals surface area contributed by atoms with Crippen molar-refractivity contribution in [3.63, 3.8) is 0 Å². The Labute approximate surface area is 175 Å². The van der Waals surface area contributed by atoms with Gasteiger partial charge in [-0.05, 0) is 29.0 Å². The molecule has 0 atom stereocenters. The number of aromatic amines is 1. The van der Waals surface area contributed by atoms with Gasteiger partial charge in [-0.25, -0.2) is 5.43 Å². The molecule has 0 bridgehead atoms. The summed E-state index contributed by atoms with van der Waals surface area (Å²) in [5.41, 5.74) is 5.13. The Morgan fingerprint density at radius 1 is 1.14 bits per heavy atom. The summed E-state index contributed by atoms with van der Waals surface area (Å²) in [5.74, 6) is 0.306. The molecule has 6 nitrogen and oxygen atoms in total. The number of aromatic nitrogens is 2. The molecule has 3 aromatic carbocycles. The van der Waals surface area contributed by atoms with Crippen molar-refractivity contribution in [2.24, 2.45) is 5.10 Å². The second kappa shape index (κ2) is 8.28. The minimum atomic E-state index is -0.383. The Balaban J connectivity index is 1.60. The van der Waals surface area contributed by atoms with Gasteiger partial charge in [0.15, 0.2) is 0 Å². The Bertz CT molecular complexity index is 1220. The van der Waals surface area contributed by atoms with Gasteiger partial charge in [0.1, 0.15) is 11.4 Å². The molecule has 0 saturated carbocycles. The maximum Gasteiger partial charge on any atom is 0.289 e. The summed E-state index contributed by atoms with van der Waals surface area (Å²) in [4.78, 5) is 12.4. The number of nitrogens with one attached hydrogen (secondary N) is 2. The number of hydrazone groups is 1. The van der Waals surface area contributed by atoms with E-state index in [1.165, 1.54) is 0 Å². The van der Waals surface area contributed by atoms with Gasteiger partial charge in [-0.1, -0.05) is 64.5 Å². The molecule has 0 unspecified atom stereocenters. The number of amides is 1. The normalized spacial score (nSPS) is 11.1. The molecule has 2 N–H and O–H groups in total. The Hall–Kier alpha value is -3.45. The summed E-state index contributed by atoms with van der Waals surface area (Å²) in [6.45, 7) is 0. The molecular weight excluding hydrogens is 432 g/mol. The van der Waals surface area contributed by atoms with Crippen LogP contribution in [-0.2, 0) is 0 Å².